The number of nitrogens with zero attached hydrogens (tertiary/aromatic N) is 3. The van der Waals surface area contributed by atoms with Gasteiger partial charge in [-0.2, -0.15) is 5.10 Å². The van der Waals surface area contributed by atoms with Gasteiger partial charge in [-0.3, -0.25) is 14.7 Å². The average Bonchev–Trinajstić information content (AvgIpc) is 3.35. The maximum Gasteiger partial charge on any atom is 0.291 e. The van der Waals surface area contributed by atoms with Gasteiger partial charge in [-0.25, -0.2) is 4.98 Å². The van der Waals surface area contributed by atoms with Crippen LogP contribution in [0, 0.1) is 5.41 Å². The van der Waals surface area contributed by atoms with E-state index in [1.165, 1.54) is 6.33 Å². The van der Waals surface area contributed by atoms with Gasteiger partial charge in [0.1, 0.15) is 6.33 Å². The highest BCUT2D eigenvalue weighted by Crippen LogP contribution is 2.35. The molecule has 2 heterocycles. The lowest BCUT2D eigenvalue weighted by Crippen LogP contribution is -2.54. The Balaban J connectivity index is 1.62. The molecule has 7 nitrogen and oxygen atoms in total. The van der Waals surface area contributed by atoms with Crippen LogP contribution in [0.4, 0.5) is 0 Å². The molecule has 160 valence electrons. The largest absolute Gasteiger partial charge is 0.356 e. The number of piperidine rings is 1. The molecule has 1 aromatic heterocycles. The third-order valence-electron chi connectivity index (χ3n) is 5.88. The monoisotopic (exact) mass is 417 g/mol. The lowest BCUT2D eigenvalue weighted by molar-refractivity contribution is -0.133. The van der Waals surface area contributed by atoms with Gasteiger partial charge in [0.25, 0.3) is 5.91 Å². The first-order valence-electron chi connectivity index (χ1n) is 10.7. The van der Waals surface area contributed by atoms with Gasteiger partial charge in [0.15, 0.2) is 0 Å². The summed E-state index contributed by atoms with van der Waals surface area (Å²) in [6.45, 7) is 3.43. The molecule has 31 heavy (non-hydrogen) atoms. The first-order chi connectivity index (χ1) is 15.1. The molecule has 0 saturated carbocycles. The summed E-state index contributed by atoms with van der Waals surface area (Å²) < 4.78 is 0. The molecule has 0 aliphatic carbocycles. The summed E-state index contributed by atoms with van der Waals surface area (Å²) in [5, 5.41) is 9.42. The van der Waals surface area contributed by atoms with Crippen LogP contribution in [0.3, 0.4) is 0 Å². The summed E-state index contributed by atoms with van der Waals surface area (Å²) in [6.07, 6.45) is 3.38. The van der Waals surface area contributed by atoms with E-state index in [4.69, 9.17) is 0 Å². The standard InChI is InChI=1S/C24H27N5O2/c1-2-25-23(31)24(12-7-13-29(16-24)22(30)21-26-17-27-28-21)15-18-8-6-11-20(14-18)19-9-4-3-5-10-19/h3-6,8-11,14,17H,2,7,12-13,15-16H2,1H3,(H,25,31)(H,26,27,28)/t24-/m0/s1. The molecule has 0 bridgehead atoms. The van der Waals surface area contributed by atoms with Crippen LogP contribution >= 0.6 is 0 Å². The molecule has 0 radical (unpaired) electrons. The zero-order chi connectivity index (χ0) is 21.7. The van der Waals surface area contributed by atoms with Crippen LogP contribution in [0.2, 0.25) is 0 Å². The smallest absolute Gasteiger partial charge is 0.291 e. The Kier molecular flexibility index (Phi) is 6.11. The SMILES string of the molecule is CCNC(=O)[C@]1(Cc2cccc(-c3ccccc3)c2)CCCN(C(=O)c2ncn[nH]2)C1. The van der Waals surface area contributed by atoms with Gasteiger partial charge in [-0.15, -0.1) is 0 Å². The third kappa shape index (κ3) is 4.50. The lowest BCUT2D eigenvalue weighted by Gasteiger charge is -2.41. The average molecular weight is 418 g/mol. The molecule has 0 spiro atoms. The van der Waals surface area contributed by atoms with Crippen molar-refractivity contribution >= 4 is 11.8 Å². The summed E-state index contributed by atoms with van der Waals surface area (Å²) in [5.74, 6) is -0.0168. The summed E-state index contributed by atoms with van der Waals surface area (Å²) in [4.78, 5) is 31.8. The Hall–Kier alpha value is -3.48. The first-order valence-corrected chi connectivity index (χ1v) is 10.7. The molecule has 1 saturated heterocycles. The fraction of sp³-hybridized carbons (Fsp3) is 0.333. The number of hydrogen-bond acceptors (Lipinski definition) is 4. The van der Waals surface area contributed by atoms with Crippen LogP contribution in [-0.2, 0) is 11.2 Å². The van der Waals surface area contributed by atoms with Crippen LogP contribution < -0.4 is 5.32 Å². The van der Waals surface area contributed by atoms with Gasteiger partial charge in [-0.1, -0.05) is 54.6 Å². The molecular formula is C24H27N5O2. The predicted octanol–water partition coefficient (Wildman–Crippen LogP) is 3.07. The van der Waals surface area contributed by atoms with Crippen molar-refractivity contribution in [3.05, 3.63) is 72.3 Å². The van der Waals surface area contributed by atoms with Crippen molar-refractivity contribution in [1.82, 2.24) is 25.4 Å². The van der Waals surface area contributed by atoms with Crippen molar-refractivity contribution in [2.75, 3.05) is 19.6 Å². The molecule has 2 amide bonds. The molecule has 2 N–H and O–H groups in total. The Morgan fingerprint density at radius 2 is 1.94 bits per heavy atom. The first kappa shape index (κ1) is 20.8. The maximum atomic E-state index is 13.2. The number of aromatic amines is 1. The Labute approximate surface area is 181 Å². The molecule has 1 fully saturated rings. The van der Waals surface area contributed by atoms with Crippen molar-refractivity contribution in [2.24, 2.45) is 5.41 Å². The number of aromatic nitrogens is 3. The topological polar surface area (TPSA) is 91.0 Å². The number of hydrogen-bond donors (Lipinski definition) is 2. The highest BCUT2D eigenvalue weighted by Gasteiger charge is 2.43. The van der Waals surface area contributed by atoms with Crippen LogP contribution in [0.15, 0.2) is 60.9 Å². The second kappa shape index (κ2) is 9.12. The zero-order valence-electron chi connectivity index (χ0n) is 17.7. The molecule has 1 aliphatic rings. The van der Waals surface area contributed by atoms with E-state index in [1.54, 1.807) is 4.90 Å². The number of amides is 2. The van der Waals surface area contributed by atoms with Crippen LogP contribution in [-0.4, -0.2) is 51.5 Å². The molecule has 0 unspecified atom stereocenters. The van der Waals surface area contributed by atoms with E-state index in [1.807, 2.05) is 31.2 Å². The number of nitrogens with one attached hydrogen (secondary N) is 2. The second-order valence-electron chi connectivity index (χ2n) is 8.05. The minimum absolute atomic E-state index is 0.00446. The number of carbonyl (C=O) groups excluding carboxylic acids is 2. The number of rotatable bonds is 6. The van der Waals surface area contributed by atoms with Crippen molar-refractivity contribution < 1.29 is 9.59 Å². The Morgan fingerprint density at radius 1 is 1.13 bits per heavy atom. The molecule has 1 atom stereocenters. The van der Waals surface area contributed by atoms with Crippen molar-refractivity contribution in [3.8, 4) is 11.1 Å². The van der Waals surface area contributed by atoms with Crippen molar-refractivity contribution in [1.29, 1.82) is 0 Å². The summed E-state index contributed by atoms with van der Waals surface area (Å²) in [5.41, 5.74) is 2.66. The van der Waals surface area contributed by atoms with E-state index >= 15 is 0 Å². The molecule has 7 heteroatoms. The van der Waals surface area contributed by atoms with Gasteiger partial charge in [0.05, 0.1) is 5.41 Å². The fourth-order valence-corrected chi connectivity index (χ4v) is 4.40. The van der Waals surface area contributed by atoms with E-state index in [-0.39, 0.29) is 17.6 Å². The molecular weight excluding hydrogens is 390 g/mol. The summed E-state index contributed by atoms with van der Waals surface area (Å²) >= 11 is 0. The minimum Gasteiger partial charge on any atom is -0.356 e. The number of benzene rings is 2. The van der Waals surface area contributed by atoms with Gasteiger partial charge in [-0.05, 0) is 42.9 Å². The number of likely N-dealkylation sites (tertiary alicyclic amines) is 1. The summed E-state index contributed by atoms with van der Waals surface area (Å²) in [7, 11) is 0. The molecule has 2 aromatic carbocycles. The zero-order valence-corrected chi connectivity index (χ0v) is 17.7. The van der Waals surface area contributed by atoms with Gasteiger partial charge in [0.2, 0.25) is 11.7 Å². The highest BCUT2D eigenvalue weighted by atomic mass is 16.2. The van der Waals surface area contributed by atoms with Crippen molar-refractivity contribution in [3.63, 3.8) is 0 Å². The van der Waals surface area contributed by atoms with E-state index in [2.05, 4.69) is 50.8 Å². The van der Waals surface area contributed by atoms with E-state index < -0.39 is 5.41 Å². The van der Waals surface area contributed by atoms with E-state index in [0.29, 0.717) is 26.1 Å². The fourth-order valence-electron chi connectivity index (χ4n) is 4.40. The lowest BCUT2D eigenvalue weighted by atomic mass is 9.74. The number of H-pyrrole nitrogens is 1. The third-order valence-corrected chi connectivity index (χ3v) is 5.88. The Morgan fingerprint density at radius 3 is 2.68 bits per heavy atom. The van der Waals surface area contributed by atoms with Gasteiger partial charge < -0.3 is 10.2 Å². The van der Waals surface area contributed by atoms with E-state index in [0.717, 1.165) is 29.5 Å². The van der Waals surface area contributed by atoms with Crippen LogP contribution in [0.25, 0.3) is 11.1 Å². The summed E-state index contributed by atoms with van der Waals surface area (Å²) in [6, 6.07) is 18.5. The van der Waals surface area contributed by atoms with E-state index in [9.17, 15) is 9.59 Å². The molecule has 1 aliphatic heterocycles. The maximum absolute atomic E-state index is 13.2. The highest BCUT2D eigenvalue weighted by molar-refractivity contribution is 5.91. The van der Waals surface area contributed by atoms with Gasteiger partial charge in [0, 0.05) is 19.6 Å². The van der Waals surface area contributed by atoms with Crippen LogP contribution in [0.5, 0.6) is 0 Å². The molecule has 3 aromatic rings. The van der Waals surface area contributed by atoms with Crippen molar-refractivity contribution in [2.45, 2.75) is 26.2 Å². The molecule has 4 rings (SSSR count). The minimum atomic E-state index is -0.681. The quantitative estimate of drug-likeness (QED) is 0.645. The van der Waals surface area contributed by atoms with Gasteiger partial charge >= 0.3 is 0 Å². The second-order valence-corrected chi connectivity index (χ2v) is 8.05. The predicted molar refractivity (Wildman–Crippen MR) is 118 cm³/mol. The normalized spacial score (nSPS) is 18.5. The Bertz CT molecular complexity index is 1040. The number of carbonyl (C=O) groups is 2. The van der Waals surface area contributed by atoms with Crippen LogP contribution in [0.1, 0.15) is 35.9 Å².